The lowest BCUT2D eigenvalue weighted by molar-refractivity contribution is -0.177. The molecule has 0 saturated carbocycles. The van der Waals surface area contributed by atoms with Gasteiger partial charge in [-0.05, 0) is 85.5 Å². The summed E-state index contributed by atoms with van der Waals surface area (Å²) in [6.07, 6.45) is 0.405. The van der Waals surface area contributed by atoms with Gasteiger partial charge >= 0.3 is 17.9 Å². The molecule has 0 heterocycles. The third kappa shape index (κ3) is 18.0. The number of nitrogens with two attached hydrogens (primary N) is 1. The normalized spacial score (nSPS) is 14.3. The van der Waals surface area contributed by atoms with Crippen LogP contribution < -0.4 is 5.84 Å². The second-order valence-electron chi connectivity index (χ2n) is 16.8. The maximum Gasteiger partial charge on any atom is 0.321 e. The first-order chi connectivity index (χ1) is 19.5. The Hall–Kier alpha value is -2.08. The van der Waals surface area contributed by atoms with E-state index in [9.17, 15) is 24.3 Å². The molecule has 3 N–H and O–H groups in total. The number of aliphatic hydroxyl groups is 1. The van der Waals surface area contributed by atoms with E-state index in [1.54, 1.807) is 55.4 Å². The largest absolute Gasteiger partial charge is 0.461 e. The van der Waals surface area contributed by atoms with Gasteiger partial charge in [-0.3, -0.25) is 25.0 Å². The summed E-state index contributed by atoms with van der Waals surface area (Å²) < 4.78 is 22.3. The van der Waals surface area contributed by atoms with Crippen molar-refractivity contribution < 1.29 is 43.2 Å². The van der Waals surface area contributed by atoms with E-state index in [-0.39, 0.29) is 43.0 Å². The number of carbonyl (C=O) groups is 4. The van der Waals surface area contributed by atoms with Gasteiger partial charge in [0.15, 0.2) is 11.9 Å². The van der Waals surface area contributed by atoms with Crippen LogP contribution in [-0.2, 0) is 38.1 Å². The number of hydrogen-bond donors (Lipinski definition) is 2. The minimum absolute atomic E-state index is 0.117. The molecule has 0 saturated heterocycles. The second kappa shape index (κ2) is 16.0. The van der Waals surface area contributed by atoms with Crippen molar-refractivity contribution in [3.05, 3.63) is 0 Å². The number of nitrogens with zero attached hydrogens (tertiary/aromatic N) is 1. The number of carbonyl (C=O) groups excluding carboxylic acids is 4. The molecule has 0 rings (SSSR count). The number of ketones is 1. The van der Waals surface area contributed by atoms with Crippen LogP contribution in [0.1, 0.15) is 116 Å². The summed E-state index contributed by atoms with van der Waals surface area (Å²) in [5, 5.41) is 10.9. The molecule has 0 aliphatic heterocycles. The molecule has 0 bridgehead atoms. The number of hydrazine groups is 1. The summed E-state index contributed by atoms with van der Waals surface area (Å²) in [4.78, 5) is 51.5. The highest BCUT2D eigenvalue weighted by Gasteiger charge is 2.38. The Morgan fingerprint density at radius 1 is 0.705 bits per heavy atom. The number of esters is 3. The Labute approximate surface area is 265 Å². The fraction of sp³-hybridized carbons (Fsp3) is 0.879. The lowest BCUT2D eigenvalue weighted by atomic mass is 9.76. The molecule has 0 aliphatic carbocycles. The Bertz CT molecular complexity index is 967. The van der Waals surface area contributed by atoms with E-state index >= 15 is 0 Å². The summed E-state index contributed by atoms with van der Waals surface area (Å²) in [5.41, 5.74) is -4.01. The smallest absolute Gasteiger partial charge is 0.321 e. The molecule has 0 amide bonds. The van der Waals surface area contributed by atoms with Crippen molar-refractivity contribution in [1.29, 1.82) is 0 Å². The fourth-order valence-electron chi connectivity index (χ4n) is 5.05. The number of ether oxygens (including phenoxy) is 4. The van der Waals surface area contributed by atoms with Gasteiger partial charge in [0.25, 0.3) is 0 Å². The van der Waals surface area contributed by atoms with Gasteiger partial charge in [0.2, 0.25) is 0 Å². The summed E-state index contributed by atoms with van der Waals surface area (Å²) in [6, 6.07) is 0. The highest BCUT2D eigenvalue weighted by atomic mass is 16.6. The van der Waals surface area contributed by atoms with Gasteiger partial charge in [-0.15, -0.1) is 0 Å². The molecule has 0 aromatic rings. The number of rotatable bonds is 18. The van der Waals surface area contributed by atoms with Crippen LogP contribution in [0.25, 0.3) is 0 Å². The fourth-order valence-corrected chi connectivity index (χ4v) is 5.05. The van der Waals surface area contributed by atoms with Gasteiger partial charge < -0.3 is 24.1 Å². The van der Waals surface area contributed by atoms with Crippen LogP contribution in [0.4, 0.5) is 0 Å². The Kier molecular flexibility index (Phi) is 15.2. The van der Waals surface area contributed by atoms with Gasteiger partial charge in [-0.25, -0.2) is 5.01 Å². The molecule has 1 atom stereocenters. The second-order valence-corrected chi connectivity index (χ2v) is 16.8. The predicted octanol–water partition coefficient (Wildman–Crippen LogP) is 4.61. The van der Waals surface area contributed by atoms with Crippen LogP contribution in [0.5, 0.6) is 0 Å². The molecule has 0 radical (unpaired) electrons. The monoisotopic (exact) mass is 630 g/mol. The van der Waals surface area contributed by atoms with Crippen LogP contribution in [0.2, 0.25) is 0 Å². The standard InChI is InChI=1S/C33H62N2O9/c1-28(2,3)21-30(7,8)26(38)42-20-23(44-27(39)31(9,10)22-29(4,5)6)19-41-25(37)18-35(34)17-24(36)33(13,14)43-16-15-32(11,12)40/h23,40H,15-22,34H2,1-14H3. The van der Waals surface area contributed by atoms with Crippen LogP contribution in [0.15, 0.2) is 0 Å². The summed E-state index contributed by atoms with van der Waals surface area (Å²) in [7, 11) is 0. The van der Waals surface area contributed by atoms with E-state index in [0.717, 1.165) is 5.01 Å². The first kappa shape index (κ1) is 41.9. The van der Waals surface area contributed by atoms with Gasteiger partial charge in [-0.2, -0.15) is 0 Å². The molecule has 11 heteroatoms. The molecule has 258 valence electrons. The average molecular weight is 631 g/mol. The van der Waals surface area contributed by atoms with Crippen molar-refractivity contribution in [3.8, 4) is 0 Å². The van der Waals surface area contributed by atoms with Crippen molar-refractivity contribution in [3.63, 3.8) is 0 Å². The Balaban J connectivity index is 5.39. The topological polar surface area (TPSA) is 155 Å². The SMILES string of the molecule is CC(C)(C)CC(C)(C)C(=O)OCC(COC(=O)CN(N)CC(=O)C(C)(C)OCCC(C)(C)O)OC(=O)C(C)(C)CC(C)(C)C. The lowest BCUT2D eigenvalue weighted by Crippen LogP contribution is -2.48. The van der Waals surface area contributed by atoms with Gasteiger partial charge in [0.05, 0.1) is 29.6 Å². The third-order valence-electron chi connectivity index (χ3n) is 6.68. The minimum atomic E-state index is -1.18. The molecule has 0 aromatic carbocycles. The molecule has 0 aliphatic rings. The summed E-state index contributed by atoms with van der Waals surface area (Å²) in [6.45, 7) is 24.6. The highest BCUT2D eigenvalue weighted by molar-refractivity contribution is 5.88. The van der Waals surface area contributed by atoms with Crippen molar-refractivity contribution in [2.45, 2.75) is 134 Å². The quantitative estimate of drug-likeness (QED) is 0.0944. The van der Waals surface area contributed by atoms with Crippen LogP contribution >= 0.6 is 0 Å². The first-order valence-electron chi connectivity index (χ1n) is 15.4. The zero-order valence-electron chi connectivity index (χ0n) is 30.0. The first-order valence-corrected chi connectivity index (χ1v) is 15.4. The Morgan fingerprint density at radius 3 is 1.61 bits per heavy atom. The van der Waals surface area contributed by atoms with Crippen molar-refractivity contribution >= 4 is 23.7 Å². The van der Waals surface area contributed by atoms with E-state index in [4.69, 9.17) is 24.8 Å². The molecule has 0 aromatic heterocycles. The molecule has 44 heavy (non-hydrogen) atoms. The number of Topliss-reactive ketones (excluding diaryl/α,β-unsaturated/α-hetero) is 1. The van der Waals surface area contributed by atoms with E-state index in [0.29, 0.717) is 19.3 Å². The van der Waals surface area contributed by atoms with Crippen molar-refractivity contribution in [1.82, 2.24) is 5.01 Å². The number of hydrogen-bond acceptors (Lipinski definition) is 11. The average Bonchev–Trinajstić information content (AvgIpc) is 2.75. The molecule has 0 fully saturated rings. The third-order valence-corrected chi connectivity index (χ3v) is 6.68. The van der Waals surface area contributed by atoms with Crippen LogP contribution in [0, 0.1) is 21.7 Å². The molecule has 0 spiro atoms. The maximum absolute atomic E-state index is 13.2. The predicted molar refractivity (Wildman–Crippen MR) is 169 cm³/mol. The van der Waals surface area contributed by atoms with Gasteiger partial charge in [-0.1, -0.05) is 41.5 Å². The minimum Gasteiger partial charge on any atom is -0.461 e. The highest BCUT2D eigenvalue weighted by Crippen LogP contribution is 2.35. The molecule has 1 unspecified atom stereocenters. The van der Waals surface area contributed by atoms with E-state index < -0.39 is 52.6 Å². The van der Waals surface area contributed by atoms with E-state index in [1.165, 1.54) is 0 Å². The molecular weight excluding hydrogens is 568 g/mol. The lowest BCUT2D eigenvalue weighted by Gasteiger charge is -2.33. The molecular formula is C33H62N2O9. The maximum atomic E-state index is 13.2. The van der Waals surface area contributed by atoms with E-state index in [1.807, 2.05) is 41.5 Å². The van der Waals surface area contributed by atoms with Crippen LogP contribution in [0.3, 0.4) is 0 Å². The van der Waals surface area contributed by atoms with Crippen molar-refractivity contribution in [2.24, 2.45) is 27.5 Å². The van der Waals surface area contributed by atoms with E-state index in [2.05, 4.69) is 0 Å². The zero-order valence-corrected chi connectivity index (χ0v) is 30.0. The van der Waals surface area contributed by atoms with Crippen LogP contribution in [-0.4, -0.2) is 84.0 Å². The zero-order chi connectivity index (χ0) is 34.9. The van der Waals surface area contributed by atoms with Gasteiger partial charge in [0, 0.05) is 0 Å². The Morgan fingerprint density at radius 2 is 1.16 bits per heavy atom. The summed E-state index contributed by atoms with van der Waals surface area (Å²) >= 11 is 0. The van der Waals surface area contributed by atoms with Crippen molar-refractivity contribution in [2.75, 3.05) is 32.9 Å². The van der Waals surface area contributed by atoms with Gasteiger partial charge in [0.1, 0.15) is 25.4 Å². The summed E-state index contributed by atoms with van der Waals surface area (Å²) in [5.74, 6) is 3.86. The molecule has 11 nitrogen and oxygen atoms in total.